The molecule has 3 atom stereocenters. The van der Waals surface area contributed by atoms with E-state index in [0.29, 0.717) is 18.0 Å². The Kier molecular flexibility index (Phi) is 3.93. The van der Waals surface area contributed by atoms with Crippen molar-refractivity contribution in [2.24, 2.45) is 5.92 Å². The Balaban J connectivity index is 1.88. The summed E-state index contributed by atoms with van der Waals surface area (Å²) >= 11 is 0. The lowest BCUT2D eigenvalue weighted by Crippen LogP contribution is -2.46. The van der Waals surface area contributed by atoms with Gasteiger partial charge in [0.15, 0.2) is 0 Å². The zero-order chi connectivity index (χ0) is 15.9. The van der Waals surface area contributed by atoms with Gasteiger partial charge in [0.1, 0.15) is 11.7 Å². The average molecular weight is 305 g/mol. The Hall–Kier alpha value is -1.85. The van der Waals surface area contributed by atoms with Crippen molar-refractivity contribution in [2.45, 2.75) is 64.0 Å². The Labute approximate surface area is 129 Å². The first kappa shape index (κ1) is 15.1. The van der Waals surface area contributed by atoms with E-state index in [2.05, 4.69) is 10.2 Å². The molecule has 0 radical (unpaired) electrons. The first-order chi connectivity index (χ1) is 10.5. The van der Waals surface area contributed by atoms with Crippen molar-refractivity contribution in [1.82, 2.24) is 15.1 Å². The highest BCUT2D eigenvalue weighted by Crippen LogP contribution is 2.40. The number of aliphatic carboxylic acids is 1. The molecule has 120 valence electrons. The van der Waals surface area contributed by atoms with E-state index < -0.39 is 12.0 Å². The van der Waals surface area contributed by atoms with Crippen molar-refractivity contribution < 1.29 is 14.7 Å². The van der Waals surface area contributed by atoms with Crippen LogP contribution in [-0.2, 0) is 4.79 Å². The number of hydrogen-bond donors (Lipinski definition) is 2. The van der Waals surface area contributed by atoms with Gasteiger partial charge in [-0.1, -0.05) is 26.7 Å². The third-order valence-corrected chi connectivity index (χ3v) is 5.05. The number of rotatable bonds is 3. The molecule has 2 aliphatic rings. The number of carboxylic acids is 1. The number of amides is 1. The van der Waals surface area contributed by atoms with Crippen molar-refractivity contribution in [2.75, 3.05) is 0 Å². The number of H-pyrrole nitrogens is 1. The van der Waals surface area contributed by atoms with Gasteiger partial charge in [-0.3, -0.25) is 9.89 Å². The van der Waals surface area contributed by atoms with E-state index in [-0.39, 0.29) is 17.9 Å². The number of carbonyl (C=O) groups excluding carboxylic acids is 1. The van der Waals surface area contributed by atoms with Gasteiger partial charge >= 0.3 is 5.97 Å². The van der Waals surface area contributed by atoms with Gasteiger partial charge in [-0.25, -0.2) is 4.79 Å². The lowest BCUT2D eigenvalue weighted by molar-refractivity contribution is -0.141. The molecule has 2 heterocycles. The van der Waals surface area contributed by atoms with Crippen molar-refractivity contribution in [3.63, 3.8) is 0 Å². The van der Waals surface area contributed by atoms with Crippen LogP contribution in [0.15, 0.2) is 6.07 Å². The van der Waals surface area contributed by atoms with Crippen molar-refractivity contribution in [3.05, 3.63) is 17.5 Å². The zero-order valence-electron chi connectivity index (χ0n) is 13.1. The summed E-state index contributed by atoms with van der Waals surface area (Å²) in [7, 11) is 0. The van der Waals surface area contributed by atoms with Crippen LogP contribution in [0.2, 0.25) is 0 Å². The summed E-state index contributed by atoms with van der Waals surface area (Å²) < 4.78 is 0. The molecule has 0 spiro atoms. The second-order valence-electron chi connectivity index (χ2n) is 6.78. The molecule has 2 N–H and O–H groups in total. The fourth-order valence-electron chi connectivity index (χ4n) is 3.85. The average Bonchev–Trinajstić information content (AvgIpc) is 3.11. The van der Waals surface area contributed by atoms with Crippen LogP contribution in [-0.4, -0.2) is 44.2 Å². The monoisotopic (exact) mass is 305 g/mol. The lowest BCUT2D eigenvalue weighted by atomic mass is 9.84. The Morgan fingerprint density at radius 1 is 1.36 bits per heavy atom. The molecule has 1 saturated carbocycles. The van der Waals surface area contributed by atoms with Gasteiger partial charge in [0.25, 0.3) is 5.91 Å². The third kappa shape index (κ3) is 2.51. The molecule has 6 heteroatoms. The van der Waals surface area contributed by atoms with Crippen LogP contribution < -0.4 is 0 Å². The SMILES string of the molecule is CC(C)c1cc(C(=O)N2[C@H](C(=O)O)C[C@H]3CCCC[C@@H]32)n[nH]1. The number of aromatic nitrogens is 2. The molecule has 0 bridgehead atoms. The smallest absolute Gasteiger partial charge is 0.326 e. The minimum absolute atomic E-state index is 0.0570. The molecule has 3 rings (SSSR count). The summed E-state index contributed by atoms with van der Waals surface area (Å²) in [5.41, 5.74) is 1.23. The van der Waals surface area contributed by atoms with Crippen LogP contribution in [0.4, 0.5) is 0 Å². The number of aromatic amines is 1. The van der Waals surface area contributed by atoms with Gasteiger partial charge in [-0.15, -0.1) is 0 Å². The summed E-state index contributed by atoms with van der Waals surface area (Å²) in [4.78, 5) is 26.0. The molecule has 1 saturated heterocycles. The van der Waals surface area contributed by atoms with Crippen LogP contribution in [0, 0.1) is 5.92 Å². The van der Waals surface area contributed by atoms with Crippen LogP contribution in [0.5, 0.6) is 0 Å². The molecule has 1 aliphatic heterocycles. The Bertz CT molecular complexity index is 581. The number of likely N-dealkylation sites (tertiary alicyclic amines) is 1. The number of hydrogen-bond acceptors (Lipinski definition) is 3. The summed E-state index contributed by atoms with van der Waals surface area (Å²) in [5.74, 6) is -0.569. The van der Waals surface area contributed by atoms with Gasteiger partial charge < -0.3 is 10.0 Å². The van der Waals surface area contributed by atoms with E-state index >= 15 is 0 Å². The number of fused-ring (bicyclic) bond motifs is 1. The van der Waals surface area contributed by atoms with E-state index in [9.17, 15) is 14.7 Å². The highest BCUT2D eigenvalue weighted by molar-refractivity contribution is 5.95. The quantitative estimate of drug-likeness (QED) is 0.897. The van der Waals surface area contributed by atoms with Gasteiger partial charge in [-0.2, -0.15) is 5.10 Å². The predicted molar refractivity (Wildman–Crippen MR) is 80.6 cm³/mol. The number of nitrogens with one attached hydrogen (secondary N) is 1. The van der Waals surface area contributed by atoms with E-state index in [4.69, 9.17) is 0 Å². The first-order valence-corrected chi connectivity index (χ1v) is 8.09. The highest BCUT2D eigenvalue weighted by atomic mass is 16.4. The molecule has 22 heavy (non-hydrogen) atoms. The molecular formula is C16H23N3O3. The maximum absolute atomic E-state index is 12.8. The van der Waals surface area contributed by atoms with Crippen LogP contribution in [0.25, 0.3) is 0 Å². The van der Waals surface area contributed by atoms with E-state index in [1.807, 2.05) is 13.8 Å². The van der Waals surface area contributed by atoms with Crippen LogP contribution >= 0.6 is 0 Å². The fraction of sp³-hybridized carbons (Fsp3) is 0.688. The van der Waals surface area contributed by atoms with Crippen molar-refractivity contribution >= 4 is 11.9 Å². The molecule has 1 amide bonds. The molecule has 1 aromatic heterocycles. The van der Waals surface area contributed by atoms with Gasteiger partial charge in [0.05, 0.1) is 0 Å². The fourth-order valence-corrected chi connectivity index (χ4v) is 3.85. The minimum Gasteiger partial charge on any atom is -0.480 e. The van der Waals surface area contributed by atoms with Gasteiger partial charge in [0.2, 0.25) is 0 Å². The number of carbonyl (C=O) groups is 2. The van der Waals surface area contributed by atoms with E-state index in [0.717, 1.165) is 31.4 Å². The maximum Gasteiger partial charge on any atom is 0.326 e. The zero-order valence-corrected chi connectivity index (χ0v) is 13.1. The summed E-state index contributed by atoms with van der Waals surface area (Å²) in [5, 5.41) is 16.5. The normalized spacial score (nSPS) is 28.0. The molecule has 2 fully saturated rings. The summed E-state index contributed by atoms with van der Waals surface area (Å²) in [6.07, 6.45) is 4.70. The van der Waals surface area contributed by atoms with Crippen molar-refractivity contribution in [1.29, 1.82) is 0 Å². The second-order valence-corrected chi connectivity index (χ2v) is 6.78. The number of carboxylic acid groups (broad SMARTS) is 1. The Morgan fingerprint density at radius 2 is 2.09 bits per heavy atom. The van der Waals surface area contributed by atoms with Crippen LogP contribution in [0.1, 0.15) is 68.1 Å². The van der Waals surface area contributed by atoms with E-state index in [1.54, 1.807) is 11.0 Å². The number of nitrogens with zero attached hydrogens (tertiary/aromatic N) is 2. The lowest BCUT2D eigenvalue weighted by Gasteiger charge is -2.32. The molecule has 1 aromatic rings. The Morgan fingerprint density at radius 3 is 2.73 bits per heavy atom. The second kappa shape index (κ2) is 5.74. The summed E-state index contributed by atoms with van der Waals surface area (Å²) in [6, 6.07) is 1.10. The molecule has 6 nitrogen and oxygen atoms in total. The predicted octanol–water partition coefficient (Wildman–Crippen LogP) is 2.39. The third-order valence-electron chi connectivity index (χ3n) is 5.05. The van der Waals surface area contributed by atoms with Crippen molar-refractivity contribution in [3.8, 4) is 0 Å². The van der Waals surface area contributed by atoms with Crippen LogP contribution in [0.3, 0.4) is 0 Å². The largest absolute Gasteiger partial charge is 0.480 e. The van der Waals surface area contributed by atoms with E-state index in [1.165, 1.54) is 0 Å². The van der Waals surface area contributed by atoms with Gasteiger partial charge in [0, 0.05) is 11.7 Å². The molecular weight excluding hydrogens is 282 g/mol. The maximum atomic E-state index is 12.8. The standard InChI is InChI=1S/C16H23N3O3/c1-9(2)11-8-12(18-17-11)15(20)19-13-6-4-3-5-10(13)7-14(19)16(21)22/h8-10,13-14H,3-7H2,1-2H3,(H,17,18)(H,21,22)/t10-,13+,14+/m1/s1. The molecule has 1 aliphatic carbocycles. The molecule has 0 aromatic carbocycles. The molecule has 0 unspecified atom stereocenters. The minimum atomic E-state index is -0.901. The summed E-state index contributed by atoms with van der Waals surface area (Å²) in [6.45, 7) is 4.05. The van der Waals surface area contributed by atoms with Gasteiger partial charge in [-0.05, 0) is 37.2 Å². The topological polar surface area (TPSA) is 86.3 Å². The first-order valence-electron chi connectivity index (χ1n) is 8.09. The highest BCUT2D eigenvalue weighted by Gasteiger charge is 2.48.